The molecule has 3 rings (SSSR count). The molecule has 0 N–H and O–H groups in total. The molecule has 1 aliphatic rings. The summed E-state index contributed by atoms with van der Waals surface area (Å²) in [5.74, 6) is 0.401. The molecule has 3 heterocycles. The van der Waals surface area contributed by atoms with Crippen molar-refractivity contribution in [2.24, 2.45) is 7.05 Å². The Labute approximate surface area is 139 Å². The molecule has 0 saturated carbocycles. The van der Waals surface area contributed by atoms with E-state index in [1.54, 1.807) is 35.0 Å². The van der Waals surface area contributed by atoms with Crippen LogP contribution in [0, 0.1) is 0 Å². The van der Waals surface area contributed by atoms with Crippen LogP contribution in [0.25, 0.3) is 0 Å². The van der Waals surface area contributed by atoms with Gasteiger partial charge in [0.05, 0.1) is 24.7 Å². The average molecular weight is 353 g/mol. The highest BCUT2D eigenvalue weighted by Crippen LogP contribution is 2.25. The number of anilines is 1. The van der Waals surface area contributed by atoms with Crippen molar-refractivity contribution in [3.63, 3.8) is 0 Å². The minimum Gasteiger partial charge on any atom is -0.364 e. The number of aryl methyl sites for hydroxylation is 1. The molecular weight excluding hydrogens is 334 g/mol. The Morgan fingerprint density at radius 2 is 2.21 bits per heavy atom. The summed E-state index contributed by atoms with van der Waals surface area (Å²) in [4.78, 5) is 14.5. The molecular formula is C14H19N5O4S. The molecule has 1 saturated heterocycles. The van der Waals surface area contributed by atoms with Crippen molar-refractivity contribution in [1.82, 2.24) is 19.2 Å². The van der Waals surface area contributed by atoms with E-state index in [0.29, 0.717) is 30.9 Å². The third kappa shape index (κ3) is 3.20. The summed E-state index contributed by atoms with van der Waals surface area (Å²) in [5.41, 5.74) is 0.464. The SMILES string of the molecule is Cn1nccc1N1CCCC(N(Cc2ccon2)S(C)(=O)=O)C1=O. The second-order valence-electron chi connectivity index (χ2n) is 5.76. The molecule has 2 aromatic rings. The van der Waals surface area contributed by atoms with Crippen LogP contribution in [-0.4, -0.2) is 52.4 Å². The minimum absolute atomic E-state index is 0.00493. The van der Waals surface area contributed by atoms with Crippen molar-refractivity contribution in [2.45, 2.75) is 25.4 Å². The monoisotopic (exact) mass is 353 g/mol. The van der Waals surface area contributed by atoms with Crippen molar-refractivity contribution in [3.8, 4) is 0 Å². The highest BCUT2D eigenvalue weighted by Gasteiger charge is 2.39. The maximum atomic E-state index is 12.9. The van der Waals surface area contributed by atoms with Gasteiger partial charge in [-0.15, -0.1) is 0 Å². The van der Waals surface area contributed by atoms with Crippen LogP contribution in [0.5, 0.6) is 0 Å². The quantitative estimate of drug-likeness (QED) is 0.769. The molecule has 0 radical (unpaired) electrons. The number of carbonyl (C=O) groups excluding carboxylic acids is 1. The number of hydrogen-bond donors (Lipinski definition) is 0. The van der Waals surface area contributed by atoms with Gasteiger partial charge in [0.15, 0.2) is 0 Å². The topological polar surface area (TPSA) is 102 Å². The van der Waals surface area contributed by atoms with E-state index in [1.807, 2.05) is 0 Å². The van der Waals surface area contributed by atoms with E-state index in [1.165, 1.54) is 10.6 Å². The molecule has 0 aromatic carbocycles. The van der Waals surface area contributed by atoms with Crippen LogP contribution in [0.2, 0.25) is 0 Å². The molecule has 1 unspecified atom stereocenters. The maximum Gasteiger partial charge on any atom is 0.246 e. The largest absolute Gasteiger partial charge is 0.364 e. The fourth-order valence-corrected chi connectivity index (χ4v) is 3.94. The molecule has 1 amide bonds. The third-order valence-electron chi connectivity index (χ3n) is 4.06. The zero-order valence-electron chi connectivity index (χ0n) is 13.5. The van der Waals surface area contributed by atoms with E-state index in [-0.39, 0.29) is 12.5 Å². The summed E-state index contributed by atoms with van der Waals surface area (Å²) in [6.07, 6.45) is 5.25. The Hall–Kier alpha value is -2.20. The normalized spacial score (nSPS) is 19.2. The van der Waals surface area contributed by atoms with Crippen LogP contribution in [0.1, 0.15) is 18.5 Å². The van der Waals surface area contributed by atoms with E-state index in [2.05, 4.69) is 10.3 Å². The van der Waals surface area contributed by atoms with Gasteiger partial charge in [-0.25, -0.2) is 8.42 Å². The van der Waals surface area contributed by atoms with Crippen LogP contribution in [-0.2, 0) is 28.4 Å². The van der Waals surface area contributed by atoms with Gasteiger partial charge >= 0.3 is 0 Å². The zero-order valence-corrected chi connectivity index (χ0v) is 14.3. The molecule has 1 aliphatic heterocycles. The standard InChI is InChI=1S/C14H19N5O4S/c1-17-13(5-7-15-17)18-8-3-4-12(14(18)20)19(24(2,21)22)10-11-6-9-23-16-11/h5-7,9,12H,3-4,8,10H2,1-2H3. The van der Waals surface area contributed by atoms with Gasteiger partial charge in [-0.2, -0.15) is 9.40 Å². The number of hydrogen-bond acceptors (Lipinski definition) is 6. The van der Waals surface area contributed by atoms with Crippen LogP contribution in [0.4, 0.5) is 5.82 Å². The van der Waals surface area contributed by atoms with Gasteiger partial charge in [-0.05, 0) is 12.8 Å². The molecule has 9 nitrogen and oxygen atoms in total. The number of aromatic nitrogens is 3. The molecule has 0 spiro atoms. The lowest BCUT2D eigenvalue weighted by Crippen LogP contribution is -2.54. The van der Waals surface area contributed by atoms with E-state index < -0.39 is 16.1 Å². The van der Waals surface area contributed by atoms with Crippen molar-refractivity contribution in [2.75, 3.05) is 17.7 Å². The van der Waals surface area contributed by atoms with Gasteiger partial charge in [-0.3, -0.25) is 14.4 Å². The highest BCUT2D eigenvalue weighted by atomic mass is 32.2. The number of amides is 1. The van der Waals surface area contributed by atoms with E-state index in [9.17, 15) is 13.2 Å². The van der Waals surface area contributed by atoms with Gasteiger partial charge < -0.3 is 4.52 Å². The summed E-state index contributed by atoms with van der Waals surface area (Å²) in [5, 5.41) is 7.83. The maximum absolute atomic E-state index is 12.9. The Bertz CT molecular complexity index is 814. The van der Waals surface area contributed by atoms with Crippen molar-refractivity contribution >= 4 is 21.7 Å². The molecule has 2 aromatic heterocycles. The van der Waals surface area contributed by atoms with Gasteiger partial charge in [0, 0.05) is 25.7 Å². The van der Waals surface area contributed by atoms with E-state index in [4.69, 9.17) is 4.52 Å². The first kappa shape index (κ1) is 16.7. The Kier molecular flexibility index (Phi) is 4.41. The number of piperidine rings is 1. The lowest BCUT2D eigenvalue weighted by atomic mass is 10.0. The Morgan fingerprint density at radius 3 is 2.79 bits per heavy atom. The molecule has 1 atom stereocenters. The number of nitrogens with zero attached hydrogens (tertiary/aromatic N) is 5. The van der Waals surface area contributed by atoms with Crippen LogP contribution >= 0.6 is 0 Å². The first-order valence-corrected chi connectivity index (χ1v) is 9.38. The predicted octanol–water partition coefficient (Wildman–Crippen LogP) is 0.365. The predicted molar refractivity (Wildman–Crippen MR) is 85.5 cm³/mol. The second-order valence-corrected chi connectivity index (χ2v) is 7.69. The molecule has 0 aliphatic carbocycles. The average Bonchev–Trinajstić information content (AvgIpc) is 3.16. The van der Waals surface area contributed by atoms with Crippen molar-refractivity contribution in [1.29, 1.82) is 0 Å². The first-order valence-electron chi connectivity index (χ1n) is 7.53. The molecule has 0 bridgehead atoms. The summed E-state index contributed by atoms with van der Waals surface area (Å²) in [7, 11) is -1.85. The minimum atomic E-state index is -3.59. The van der Waals surface area contributed by atoms with Gasteiger partial charge in [0.2, 0.25) is 15.9 Å². The summed E-state index contributed by atoms with van der Waals surface area (Å²) in [6.45, 7) is 0.543. The first-order chi connectivity index (χ1) is 11.4. The molecule has 130 valence electrons. The highest BCUT2D eigenvalue weighted by molar-refractivity contribution is 7.88. The van der Waals surface area contributed by atoms with Gasteiger partial charge in [0.1, 0.15) is 18.1 Å². The zero-order chi connectivity index (χ0) is 17.3. The van der Waals surface area contributed by atoms with E-state index >= 15 is 0 Å². The van der Waals surface area contributed by atoms with Gasteiger partial charge in [-0.1, -0.05) is 5.16 Å². The van der Waals surface area contributed by atoms with Crippen LogP contribution in [0.15, 0.2) is 29.1 Å². The molecule has 24 heavy (non-hydrogen) atoms. The lowest BCUT2D eigenvalue weighted by Gasteiger charge is -2.36. The molecule has 1 fully saturated rings. The second kappa shape index (κ2) is 6.36. The fraction of sp³-hybridized carbons (Fsp3) is 0.500. The fourth-order valence-electron chi connectivity index (χ4n) is 2.92. The Balaban J connectivity index is 1.89. The molecule has 10 heteroatoms. The Morgan fingerprint density at radius 1 is 1.42 bits per heavy atom. The van der Waals surface area contributed by atoms with Crippen molar-refractivity contribution in [3.05, 3.63) is 30.3 Å². The smallest absolute Gasteiger partial charge is 0.246 e. The summed E-state index contributed by atoms with van der Waals surface area (Å²) in [6, 6.07) is 2.56. The van der Waals surface area contributed by atoms with E-state index in [0.717, 1.165) is 6.26 Å². The van der Waals surface area contributed by atoms with Crippen LogP contribution in [0.3, 0.4) is 0 Å². The summed E-state index contributed by atoms with van der Waals surface area (Å²) >= 11 is 0. The third-order valence-corrected chi connectivity index (χ3v) is 5.30. The van der Waals surface area contributed by atoms with Crippen LogP contribution < -0.4 is 4.90 Å². The lowest BCUT2D eigenvalue weighted by molar-refractivity contribution is -0.123. The van der Waals surface area contributed by atoms with Crippen molar-refractivity contribution < 1.29 is 17.7 Å². The van der Waals surface area contributed by atoms with Gasteiger partial charge in [0.25, 0.3) is 0 Å². The number of sulfonamides is 1. The number of rotatable bonds is 5. The summed E-state index contributed by atoms with van der Waals surface area (Å²) < 4.78 is 32.0. The number of carbonyl (C=O) groups is 1.